The highest BCUT2D eigenvalue weighted by Gasteiger charge is 2.17. The first-order valence-corrected chi connectivity index (χ1v) is 4.88. The fourth-order valence-electron chi connectivity index (χ4n) is 1.92. The molecule has 0 aromatic carbocycles. The molecular formula is C9H16N4. The summed E-state index contributed by atoms with van der Waals surface area (Å²) in [6.45, 7) is 6.14. The van der Waals surface area contributed by atoms with Crippen LogP contribution in [0.25, 0.3) is 0 Å². The summed E-state index contributed by atoms with van der Waals surface area (Å²) < 4.78 is 2.06. The Kier molecular flexibility index (Phi) is 2.31. The molecule has 1 aromatic heterocycles. The van der Waals surface area contributed by atoms with Crippen LogP contribution in [0, 0.1) is 13.8 Å². The van der Waals surface area contributed by atoms with Crippen molar-refractivity contribution in [1.29, 1.82) is 0 Å². The second kappa shape index (κ2) is 3.46. The number of hydrogen-bond acceptors (Lipinski definition) is 3. The Hall–Kier alpha value is -0.900. The molecule has 1 N–H and O–H groups in total. The average Bonchev–Trinajstić information content (AvgIpc) is 2.47. The minimum Gasteiger partial charge on any atom is -0.315 e. The lowest BCUT2D eigenvalue weighted by Crippen LogP contribution is -2.32. The van der Waals surface area contributed by atoms with Gasteiger partial charge in [-0.25, -0.2) is 9.67 Å². The lowest BCUT2D eigenvalue weighted by atomic mass is 10.1. The molecule has 4 nitrogen and oxygen atoms in total. The number of nitrogens with zero attached hydrogens (tertiary/aromatic N) is 3. The molecule has 1 aromatic rings. The lowest BCUT2D eigenvalue weighted by Gasteiger charge is -2.23. The van der Waals surface area contributed by atoms with Crippen molar-refractivity contribution in [2.45, 2.75) is 32.7 Å². The zero-order valence-electron chi connectivity index (χ0n) is 8.25. The van der Waals surface area contributed by atoms with E-state index in [1.807, 2.05) is 13.8 Å². The van der Waals surface area contributed by atoms with Crippen LogP contribution in [0.4, 0.5) is 0 Å². The monoisotopic (exact) mass is 180 g/mol. The summed E-state index contributed by atoms with van der Waals surface area (Å²) in [7, 11) is 0. The van der Waals surface area contributed by atoms with Crippen molar-refractivity contribution in [3.05, 3.63) is 11.6 Å². The Bertz CT molecular complexity index is 286. The zero-order chi connectivity index (χ0) is 9.26. The number of aryl methyl sites for hydroxylation is 2. The van der Waals surface area contributed by atoms with E-state index in [2.05, 4.69) is 20.1 Å². The van der Waals surface area contributed by atoms with Gasteiger partial charge in [0.1, 0.15) is 11.6 Å². The van der Waals surface area contributed by atoms with Crippen molar-refractivity contribution in [2.24, 2.45) is 0 Å². The molecule has 0 aliphatic carbocycles. The van der Waals surface area contributed by atoms with Gasteiger partial charge in [-0.1, -0.05) is 0 Å². The minimum absolute atomic E-state index is 0.509. The molecule has 2 rings (SSSR count). The van der Waals surface area contributed by atoms with Gasteiger partial charge in [0.25, 0.3) is 0 Å². The van der Waals surface area contributed by atoms with Crippen molar-refractivity contribution in [3.8, 4) is 0 Å². The Labute approximate surface area is 78.4 Å². The predicted molar refractivity (Wildman–Crippen MR) is 50.6 cm³/mol. The molecule has 0 amide bonds. The van der Waals surface area contributed by atoms with Crippen LogP contribution >= 0.6 is 0 Å². The van der Waals surface area contributed by atoms with Gasteiger partial charge >= 0.3 is 0 Å². The first-order chi connectivity index (χ1) is 6.27. The van der Waals surface area contributed by atoms with E-state index in [9.17, 15) is 0 Å². The fourth-order valence-corrected chi connectivity index (χ4v) is 1.92. The smallest absolute Gasteiger partial charge is 0.147 e. The molecule has 0 radical (unpaired) electrons. The number of rotatable bonds is 1. The van der Waals surface area contributed by atoms with Crippen LogP contribution < -0.4 is 5.32 Å². The van der Waals surface area contributed by atoms with E-state index < -0.39 is 0 Å². The van der Waals surface area contributed by atoms with Gasteiger partial charge in [-0.05, 0) is 33.2 Å². The first-order valence-electron chi connectivity index (χ1n) is 4.88. The number of hydrogen-bond donors (Lipinski definition) is 1. The van der Waals surface area contributed by atoms with E-state index in [0.29, 0.717) is 6.04 Å². The molecule has 72 valence electrons. The van der Waals surface area contributed by atoms with Crippen molar-refractivity contribution in [3.63, 3.8) is 0 Å². The summed E-state index contributed by atoms with van der Waals surface area (Å²) in [5.41, 5.74) is 0. The van der Waals surface area contributed by atoms with Crippen LogP contribution in [0.5, 0.6) is 0 Å². The van der Waals surface area contributed by atoms with E-state index in [0.717, 1.165) is 24.7 Å². The third kappa shape index (κ3) is 1.72. The number of nitrogens with one attached hydrogen (secondary N) is 1. The molecule has 1 saturated heterocycles. The Balaban J connectivity index is 2.18. The predicted octanol–water partition coefficient (Wildman–Crippen LogP) is 0.819. The summed E-state index contributed by atoms with van der Waals surface area (Å²) in [5.74, 6) is 1.91. The number of piperidine rings is 1. The highest BCUT2D eigenvalue weighted by Crippen LogP contribution is 2.16. The van der Waals surface area contributed by atoms with Crippen LogP contribution in [0.15, 0.2) is 0 Å². The summed E-state index contributed by atoms with van der Waals surface area (Å²) in [6, 6.07) is 0.509. The molecule has 13 heavy (non-hydrogen) atoms. The average molecular weight is 180 g/mol. The zero-order valence-corrected chi connectivity index (χ0v) is 8.25. The quantitative estimate of drug-likeness (QED) is 0.695. The maximum atomic E-state index is 4.40. The summed E-state index contributed by atoms with van der Waals surface area (Å²) in [6.07, 6.45) is 2.46. The standard InChI is InChI=1S/C9H16N4/c1-7-11-8(2)13(12-7)9-4-3-5-10-6-9/h9-10H,3-6H2,1-2H3. The molecule has 0 bridgehead atoms. The van der Waals surface area contributed by atoms with Crippen molar-refractivity contribution >= 4 is 0 Å². The van der Waals surface area contributed by atoms with Crippen LogP contribution in [0.1, 0.15) is 30.5 Å². The van der Waals surface area contributed by atoms with E-state index in [4.69, 9.17) is 0 Å². The Morgan fingerprint density at radius 2 is 2.31 bits per heavy atom. The van der Waals surface area contributed by atoms with Gasteiger partial charge in [0.05, 0.1) is 6.04 Å². The van der Waals surface area contributed by atoms with Gasteiger partial charge in [-0.3, -0.25) is 0 Å². The molecule has 2 heterocycles. The topological polar surface area (TPSA) is 42.7 Å². The molecule has 0 saturated carbocycles. The molecular weight excluding hydrogens is 164 g/mol. The minimum atomic E-state index is 0.509. The maximum absolute atomic E-state index is 4.40. The third-order valence-electron chi connectivity index (χ3n) is 2.52. The highest BCUT2D eigenvalue weighted by molar-refractivity contribution is 4.91. The van der Waals surface area contributed by atoms with E-state index in [1.165, 1.54) is 12.8 Å². The van der Waals surface area contributed by atoms with Crippen LogP contribution in [-0.4, -0.2) is 27.9 Å². The van der Waals surface area contributed by atoms with Gasteiger partial charge in [0.2, 0.25) is 0 Å². The molecule has 0 spiro atoms. The Morgan fingerprint density at radius 3 is 2.85 bits per heavy atom. The molecule has 1 unspecified atom stereocenters. The van der Waals surface area contributed by atoms with Crippen molar-refractivity contribution in [1.82, 2.24) is 20.1 Å². The van der Waals surface area contributed by atoms with Crippen LogP contribution in [0.2, 0.25) is 0 Å². The van der Waals surface area contributed by atoms with Gasteiger partial charge in [-0.2, -0.15) is 5.10 Å². The molecule has 1 aliphatic rings. The summed E-state index contributed by atoms with van der Waals surface area (Å²) in [5, 5.41) is 7.78. The first kappa shape index (κ1) is 8.69. The summed E-state index contributed by atoms with van der Waals surface area (Å²) in [4.78, 5) is 4.31. The SMILES string of the molecule is Cc1nc(C)n(C2CCCNC2)n1. The largest absolute Gasteiger partial charge is 0.315 e. The maximum Gasteiger partial charge on any atom is 0.147 e. The molecule has 1 aliphatic heterocycles. The fraction of sp³-hybridized carbons (Fsp3) is 0.778. The molecule has 1 atom stereocenters. The number of aromatic nitrogens is 3. The van der Waals surface area contributed by atoms with E-state index >= 15 is 0 Å². The lowest BCUT2D eigenvalue weighted by molar-refractivity contribution is 0.340. The highest BCUT2D eigenvalue weighted by atomic mass is 15.4. The van der Waals surface area contributed by atoms with Crippen molar-refractivity contribution in [2.75, 3.05) is 13.1 Å². The summed E-state index contributed by atoms with van der Waals surface area (Å²) >= 11 is 0. The van der Waals surface area contributed by atoms with Crippen LogP contribution in [-0.2, 0) is 0 Å². The second-order valence-electron chi connectivity index (χ2n) is 3.65. The second-order valence-corrected chi connectivity index (χ2v) is 3.65. The van der Waals surface area contributed by atoms with Gasteiger partial charge < -0.3 is 5.32 Å². The van der Waals surface area contributed by atoms with Crippen molar-refractivity contribution < 1.29 is 0 Å². The van der Waals surface area contributed by atoms with Gasteiger partial charge in [-0.15, -0.1) is 0 Å². The normalized spacial score (nSPS) is 23.4. The Morgan fingerprint density at radius 1 is 1.46 bits per heavy atom. The van der Waals surface area contributed by atoms with Crippen LogP contribution in [0.3, 0.4) is 0 Å². The molecule has 4 heteroatoms. The third-order valence-corrected chi connectivity index (χ3v) is 2.52. The van der Waals surface area contributed by atoms with E-state index in [1.54, 1.807) is 0 Å². The van der Waals surface area contributed by atoms with E-state index in [-0.39, 0.29) is 0 Å². The van der Waals surface area contributed by atoms with Gasteiger partial charge in [0, 0.05) is 6.54 Å². The van der Waals surface area contributed by atoms with Gasteiger partial charge in [0.15, 0.2) is 0 Å². The molecule has 1 fully saturated rings.